The first-order chi connectivity index (χ1) is 12.9. The second-order valence-corrected chi connectivity index (χ2v) is 6.99. The first kappa shape index (κ1) is 19.2. The summed E-state index contributed by atoms with van der Waals surface area (Å²) in [6.07, 6.45) is 2.20. The summed E-state index contributed by atoms with van der Waals surface area (Å²) in [5, 5.41) is 12.0. The van der Waals surface area contributed by atoms with E-state index in [1.165, 1.54) is 17.3 Å². The molecular weight excluding hydrogens is 373 g/mol. The molecule has 7 nitrogen and oxygen atoms in total. The van der Waals surface area contributed by atoms with Crippen LogP contribution in [0.5, 0.6) is 0 Å². The third-order valence-electron chi connectivity index (χ3n) is 4.68. The molecule has 3 rings (SSSR count). The van der Waals surface area contributed by atoms with E-state index in [0.717, 1.165) is 19.4 Å². The molecule has 2 N–H and O–H groups in total. The maximum atomic E-state index is 14.0. The van der Waals surface area contributed by atoms with Gasteiger partial charge in [-0.05, 0) is 30.9 Å². The quantitative estimate of drug-likeness (QED) is 0.803. The lowest BCUT2D eigenvalue weighted by atomic mass is 9.96. The number of likely N-dealkylation sites (tertiary alicyclic amines) is 1. The summed E-state index contributed by atoms with van der Waals surface area (Å²) in [7, 11) is 1.93. The summed E-state index contributed by atoms with van der Waals surface area (Å²) in [6.45, 7) is 1.87. The maximum absolute atomic E-state index is 14.0. The molecule has 1 aromatic heterocycles. The average Bonchev–Trinajstić information content (AvgIpc) is 2.66. The number of aromatic nitrogens is 2. The Morgan fingerprint density at radius 3 is 2.85 bits per heavy atom. The lowest BCUT2D eigenvalue weighted by molar-refractivity contribution is 0.125. The number of nitrogens with one attached hydrogen (secondary N) is 1. The Hall–Kier alpha value is -2.61. The van der Waals surface area contributed by atoms with Crippen molar-refractivity contribution in [3.63, 3.8) is 0 Å². The molecule has 1 amide bonds. The van der Waals surface area contributed by atoms with Crippen molar-refractivity contribution in [2.75, 3.05) is 36.9 Å². The first-order valence-electron chi connectivity index (χ1n) is 8.66. The van der Waals surface area contributed by atoms with Crippen LogP contribution < -0.4 is 10.2 Å². The van der Waals surface area contributed by atoms with E-state index in [-0.39, 0.29) is 10.7 Å². The molecule has 9 heteroatoms. The molecule has 1 saturated heterocycles. The Balaban J connectivity index is 1.63. The molecule has 2 aromatic rings. The van der Waals surface area contributed by atoms with Gasteiger partial charge in [0.15, 0.2) is 5.82 Å². The molecule has 0 unspecified atom stereocenters. The van der Waals surface area contributed by atoms with Crippen LogP contribution in [0.3, 0.4) is 0 Å². The molecule has 1 aliphatic heterocycles. The van der Waals surface area contributed by atoms with Gasteiger partial charge in [0.05, 0.1) is 10.7 Å². The standard InChI is InChI=1S/C18H21ClFN5O2/c1-24(10-12-5-7-25(8-6-12)18(26)27)16-9-15(21-11-22-16)23-14-4-2-3-13(19)17(14)20/h2-4,9,11-12H,5-8,10H2,1H3,(H,26,27)(H,21,22,23). The van der Waals surface area contributed by atoms with E-state index >= 15 is 0 Å². The molecule has 1 fully saturated rings. The lowest BCUT2D eigenvalue weighted by Gasteiger charge is -2.32. The fourth-order valence-electron chi connectivity index (χ4n) is 3.15. The van der Waals surface area contributed by atoms with Gasteiger partial charge in [-0.25, -0.2) is 19.2 Å². The number of carboxylic acid groups (broad SMARTS) is 1. The van der Waals surface area contributed by atoms with E-state index in [9.17, 15) is 9.18 Å². The number of piperidine rings is 1. The largest absolute Gasteiger partial charge is 0.465 e. The molecule has 2 heterocycles. The van der Waals surface area contributed by atoms with Gasteiger partial charge in [0.2, 0.25) is 0 Å². The van der Waals surface area contributed by atoms with Gasteiger partial charge in [-0.2, -0.15) is 0 Å². The van der Waals surface area contributed by atoms with Crippen LogP contribution in [-0.4, -0.2) is 52.7 Å². The van der Waals surface area contributed by atoms with E-state index in [1.54, 1.807) is 18.2 Å². The van der Waals surface area contributed by atoms with Crippen molar-refractivity contribution >= 4 is 35.0 Å². The van der Waals surface area contributed by atoms with Gasteiger partial charge in [-0.3, -0.25) is 0 Å². The number of anilines is 3. The molecule has 27 heavy (non-hydrogen) atoms. The molecule has 144 valence electrons. The van der Waals surface area contributed by atoms with Gasteiger partial charge in [0.1, 0.15) is 18.0 Å². The van der Waals surface area contributed by atoms with Crippen LogP contribution in [0.1, 0.15) is 12.8 Å². The van der Waals surface area contributed by atoms with Crippen LogP contribution in [0.15, 0.2) is 30.6 Å². The summed E-state index contributed by atoms with van der Waals surface area (Å²) < 4.78 is 14.0. The van der Waals surface area contributed by atoms with Gasteiger partial charge < -0.3 is 20.2 Å². The molecule has 0 spiro atoms. The van der Waals surface area contributed by atoms with Crippen molar-refractivity contribution in [2.24, 2.45) is 5.92 Å². The minimum Gasteiger partial charge on any atom is -0.465 e. The second-order valence-electron chi connectivity index (χ2n) is 6.58. The Morgan fingerprint density at radius 2 is 2.15 bits per heavy atom. The van der Waals surface area contributed by atoms with E-state index in [0.29, 0.717) is 30.6 Å². The Bertz CT molecular complexity index is 814. The van der Waals surface area contributed by atoms with E-state index in [1.807, 2.05) is 11.9 Å². The molecule has 0 bridgehead atoms. The minimum atomic E-state index is -0.860. The Kier molecular flexibility index (Phi) is 5.95. The highest BCUT2D eigenvalue weighted by Gasteiger charge is 2.23. The molecule has 0 atom stereocenters. The van der Waals surface area contributed by atoms with Crippen molar-refractivity contribution in [1.82, 2.24) is 14.9 Å². The van der Waals surface area contributed by atoms with Crippen molar-refractivity contribution < 1.29 is 14.3 Å². The van der Waals surface area contributed by atoms with E-state index < -0.39 is 11.9 Å². The van der Waals surface area contributed by atoms with E-state index in [2.05, 4.69) is 15.3 Å². The van der Waals surface area contributed by atoms with Crippen molar-refractivity contribution in [3.05, 3.63) is 41.4 Å². The maximum Gasteiger partial charge on any atom is 0.407 e. The van der Waals surface area contributed by atoms with Crippen molar-refractivity contribution in [1.29, 1.82) is 0 Å². The van der Waals surface area contributed by atoms with Crippen LogP contribution in [-0.2, 0) is 0 Å². The second kappa shape index (κ2) is 8.39. The van der Waals surface area contributed by atoms with Crippen LogP contribution in [0.4, 0.5) is 26.5 Å². The third kappa shape index (κ3) is 4.77. The Morgan fingerprint density at radius 1 is 1.41 bits per heavy atom. The smallest absolute Gasteiger partial charge is 0.407 e. The predicted molar refractivity (Wildman–Crippen MR) is 102 cm³/mol. The number of hydrogen-bond acceptors (Lipinski definition) is 5. The summed E-state index contributed by atoms with van der Waals surface area (Å²) in [4.78, 5) is 22.9. The molecule has 0 saturated carbocycles. The predicted octanol–water partition coefficient (Wildman–Crippen LogP) is 3.84. The number of nitrogens with zero attached hydrogens (tertiary/aromatic N) is 4. The fourth-order valence-corrected chi connectivity index (χ4v) is 3.32. The monoisotopic (exact) mass is 393 g/mol. The van der Waals surface area contributed by atoms with Gasteiger partial charge in [-0.15, -0.1) is 0 Å². The fraction of sp³-hybridized carbons (Fsp3) is 0.389. The third-order valence-corrected chi connectivity index (χ3v) is 4.97. The topological polar surface area (TPSA) is 81.6 Å². The summed E-state index contributed by atoms with van der Waals surface area (Å²) in [5.41, 5.74) is 0.246. The molecule has 0 aliphatic carbocycles. The SMILES string of the molecule is CN(CC1CCN(C(=O)O)CC1)c1cc(Nc2cccc(Cl)c2F)ncn1. The lowest BCUT2D eigenvalue weighted by Crippen LogP contribution is -2.40. The zero-order valence-electron chi connectivity index (χ0n) is 14.9. The minimum absolute atomic E-state index is 0.0408. The number of halogens is 2. The first-order valence-corrected chi connectivity index (χ1v) is 9.04. The summed E-state index contributed by atoms with van der Waals surface area (Å²) in [5.74, 6) is 1.03. The van der Waals surface area contributed by atoms with Gasteiger partial charge in [-0.1, -0.05) is 17.7 Å². The van der Waals surface area contributed by atoms with Crippen LogP contribution in [0.2, 0.25) is 5.02 Å². The van der Waals surface area contributed by atoms with E-state index in [4.69, 9.17) is 16.7 Å². The van der Waals surface area contributed by atoms with Crippen LogP contribution in [0.25, 0.3) is 0 Å². The van der Waals surface area contributed by atoms with Crippen molar-refractivity contribution in [3.8, 4) is 0 Å². The van der Waals surface area contributed by atoms with Crippen LogP contribution >= 0.6 is 11.6 Å². The van der Waals surface area contributed by atoms with Crippen molar-refractivity contribution in [2.45, 2.75) is 12.8 Å². The highest BCUT2D eigenvalue weighted by Crippen LogP contribution is 2.26. The summed E-state index contributed by atoms with van der Waals surface area (Å²) in [6, 6.07) is 6.47. The number of hydrogen-bond donors (Lipinski definition) is 2. The highest BCUT2D eigenvalue weighted by molar-refractivity contribution is 6.31. The molecular formula is C18H21ClFN5O2. The number of rotatable bonds is 5. The summed E-state index contributed by atoms with van der Waals surface area (Å²) >= 11 is 5.80. The molecule has 1 aromatic carbocycles. The Labute approximate surface area is 161 Å². The van der Waals surface area contributed by atoms with Gasteiger partial charge >= 0.3 is 6.09 Å². The normalized spacial score (nSPS) is 14.9. The molecule has 0 radical (unpaired) electrons. The van der Waals surface area contributed by atoms with Gasteiger partial charge in [0, 0.05) is 32.7 Å². The molecule has 1 aliphatic rings. The zero-order valence-corrected chi connectivity index (χ0v) is 15.7. The number of amides is 1. The number of carbonyl (C=O) groups is 1. The van der Waals surface area contributed by atoms with Crippen LogP contribution in [0, 0.1) is 11.7 Å². The average molecular weight is 394 g/mol. The number of benzene rings is 1. The van der Waals surface area contributed by atoms with Gasteiger partial charge in [0.25, 0.3) is 0 Å². The zero-order chi connectivity index (χ0) is 19.4. The highest BCUT2D eigenvalue weighted by atomic mass is 35.5.